The molecule has 0 aliphatic carbocycles. The highest BCUT2D eigenvalue weighted by Crippen LogP contribution is 2.30. The number of hydrazone groups is 1. The Morgan fingerprint density at radius 3 is 2.76 bits per heavy atom. The minimum atomic E-state index is 0.141. The molecule has 1 aromatic rings. The number of ether oxygens (including phenoxy) is 2. The van der Waals surface area contributed by atoms with E-state index in [1.54, 1.807) is 0 Å². The third-order valence-corrected chi connectivity index (χ3v) is 2.39. The van der Waals surface area contributed by atoms with E-state index in [1.165, 1.54) is 0 Å². The number of nitrogens with one attached hydrogen (secondary N) is 1. The van der Waals surface area contributed by atoms with Gasteiger partial charge in [-0.2, -0.15) is 5.10 Å². The summed E-state index contributed by atoms with van der Waals surface area (Å²) in [5.41, 5.74) is 9.55. The second-order valence-electron chi connectivity index (χ2n) is 3.53. The molecule has 0 radical (unpaired) electrons. The molecule has 0 atom stereocenters. The molecule has 1 aromatic carbocycles. The smallest absolute Gasteiger partial charge is 0.184 e. The molecule has 1 aliphatic rings. The molecular weight excluding hydrogens is 238 g/mol. The lowest BCUT2D eigenvalue weighted by atomic mass is 10.1. The Morgan fingerprint density at radius 1 is 1.35 bits per heavy atom. The summed E-state index contributed by atoms with van der Waals surface area (Å²) in [6, 6.07) is 5.66. The van der Waals surface area contributed by atoms with E-state index in [1.807, 2.05) is 25.1 Å². The van der Waals surface area contributed by atoms with Crippen LogP contribution in [0, 0.1) is 0 Å². The Bertz CT molecular complexity index is 474. The Kier molecular flexibility index (Phi) is 3.43. The Labute approximate surface area is 105 Å². The van der Waals surface area contributed by atoms with E-state index in [4.69, 9.17) is 15.2 Å². The van der Waals surface area contributed by atoms with Crippen LogP contribution in [-0.2, 0) is 0 Å². The van der Waals surface area contributed by atoms with Gasteiger partial charge in [0.05, 0.1) is 5.71 Å². The fourth-order valence-corrected chi connectivity index (χ4v) is 1.52. The highest BCUT2D eigenvalue weighted by molar-refractivity contribution is 7.80. The molecule has 0 bridgehead atoms. The van der Waals surface area contributed by atoms with Gasteiger partial charge in [-0.3, -0.25) is 5.43 Å². The summed E-state index contributed by atoms with van der Waals surface area (Å²) in [6.45, 7) is 3.01. The third kappa shape index (κ3) is 2.85. The average molecular weight is 251 g/mol. The van der Waals surface area contributed by atoms with Gasteiger partial charge in [0.1, 0.15) is 13.2 Å². The third-order valence-electron chi connectivity index (χ3n) is 2.29. The molecule has 0 unspecified atom stereocenters. The molecule has 1 aliphatic heterocycles. The monoisotopic (exact) mass is 251 g/mol. The van der Waals surface area contributed by atoms with E-state index in [0.717, 1.165) is 22.8 Å². The Balaban J connectivity index is 2.21. The molecule has 1 heterocycles. The SMILES string of the molecule is C/C(=N\NC(N)=S)c1ccc2c(c1)OCCO2. The van der Waals surface area contributed by atoms with Crippen LogP contribution in [0.3, 0.4) is 0 Å². The standard InChI is InChI=1S/C11H13N3O2S/c1-7(13-14-11(12)17)8-2-3-9-10(6-8)16-5-4-15-9/h2-3,6H,4-5H2,1H3,(H3,12,14,17)/b13-7+. The molecule has 0 fully saturated rings. The van der Waals surface area contributed by atoms with Crippen LogP contribution in [0.5, 0.6) is 11.5 Å². The van der Waals surface area contributed by atoms with Gasteiger partial charge in [-0.05, 0) is 37.3 Å². The van der Waals surface area contributed by atoms with Gasteiger partial charge in [-0.25, -0.2) is 0 Å². The highest BCUT2D eigenvalue weighted by atomic mass is 32.1. The Hall–Kier alpha value is -1.82. The number of nitrogens with zero attached hydrogens (tertiary/aromatic N) is 1. The second kappa shape index (κ2) is 5.01. The van der Waals surface area contributed by atoms with E-state index in [-0.39, 0.29) is 5.11 Å². The van der Waals surface area contributed by atoms with Gasteiger partial charge in [0.15, 0.2) is 16.6 Å². The maximum Gasteiger partial charge on any atom is 0.184 e. The van der Waals surface area contributed by atoms with Gasteiger partial charge in [0.2, 0.25) is 0 Å². The van der Waals surface area contributed by atoms with Crippen LogP contribution in [0.4, 0.5) is 0 Å². The van der Waals surface area contributed by atoms with Crippen molar-refractivity contribution in [3.05, 3.63) is 23.8 Å². The number of fused-ring (bicyclic) bond motifs is 1. The van der Waals surface area contributed by atoms with Gasteiger partial charge in [-0.1, -0.05) is 0 Å². The molecule has 5 nitrogen and oxygen atoms in total. The minimum absolute atomic E-state index is 0.141. The van der Waals surface area contributed by atoms with E-state index in [2.05, 4.69) is 22.7 Å². The molecule has 0 spiro atoms. The maximum atomic E-state index is 5.49. The molecule has 0 saturated carbocycles. The molecule has 90 valence electrons. The van der Waals surface area contributed by atoms with E-state index in [9.17, 15) is 0 Å². The maximum absolute atomic E-state index is 5.49. The first-order valence-corrected chi connectivity index (χ1v) is 5.57. The van der Waals surface area contributed by atoms with Crippen molar-refractivity contribution in [3.8, 4) is 11.5 Å². The first-order valence-electron chi connectivity index (χ1n) is 5.16. The van der Waals surface area contributed by atoms with Crippen molar-refractivity contribution in [2.75, 3.05) is 13.2 Å². The van der Waals surface area contributed by atoms with E-state index < -0.39 is 0 Å². The molecule has 6 heteroatoms. The largest absolute Gasteiger partial charge is 0.486 e. The van der Waals surface area contributed by atoms with Crippen LogP contribution >= 0.6 is 12.2 Å². The number of hydrogen-bond acceptors (Lipinski definition) is 4. The van der Waals surface area contributed by atoms with Crippen LogP contribution in [0.15, 0.2) is 23.3 Å². The minimum Gasteiger partial charge on any atom is -0.486 e. The number of rotatable bonds is 2. The van der Waals surface area contributed by atoms with Crippen molar-refractivity contribution < 1.29 is 9.47 Å². The first-order chi connectivity index (χ1) is 8.16. The van der Waals surface area contributed by atoms with Crippen molar-refractivity contribution in [2.24, 2.45) is 10.8 Å². The summed E-state index contributed by atoms with van der Waals surface area (Å²) >= 11 is 4.68. The van der Waals surface area contributed by atoms with Gasteiger partial charge in [0.25, 0.3) is 0 Å². The normalized spacial score (nSPS) is 14.3. The highest BCUT2D eigenvalue weighted by Gasteiger charge is 2.12. The van der Waals surface area contributed by atoms with Crippen molar-refractivity contribution in [1.29, 1.82) is 0 Å². The summed E-state index contributed by atoms with van der Waals surface area (Å²) in [7, 11) is 0. The number of nitrogens with two attached hydrogens (primary N) is 1. The average Bonchev–Trinajstić information content (AvgIpc) is 2.35. The van der Waals surface area contributed by atoms with Crippen LogP contribution in [0.2, 0.25) is 0 Å². The Morgan fingerprint density at radius 2 is 2.06 bits per heavy atom. The number of hydrogen-bond donors (Lipinski definition) is 2. The van der Waals surface area contributed by atoms with Gasteiger partial charge < -0.3 is 15.2 Å². The lowest BCUT2D eigenvalue weighted by Crippen LogP contribution is -2.25. The predicted molar refractivity (Wildman–Crippen MR) is 69.6 cm³/mol. The van der Waals surface area contributed by atoms with Crippen molar-refractivity contribution in [2.45, 2.75) is 6.92 Å². The van der Waals surface area contributed by atoms with Crippen LogP contribution < -0.4 is 20.6 Å². The van der Waals surface area contributed by atoms with Gasteiger partial charge in [0, 0.05) is 5.56 Å². The molecule has 0 aromatic heterocycles. The second-order valence-corrected chi connectivity index (χ2v) is 3.97. The van der Waals surface area contributed by atoms with Crippen molar-refractivity contribution in [1.82, 2.24) is 5.43 Å². The molecule has 3 N–H and O–H groups in total. The van der Waals surface area contributed by atoms with Gasteiger partial charge in [-0.15, -0.1) is 0 Å². The topological polar surface area (TPSA) is 68.9 Å². The number of benzene rings is 1. The lowest BCUT2D eigenvalue weighted by molar-refractivity contribution is 0.171. The quantitative estimate of drug-likeness (QED) is 0.466. The lowest BCUT2D eigenvalue weighted by Gasteiger charge is -2.18. The summed E-state index contributed by atoms with van der Waals surface area (Å²) in [5.74, 6) is 1.49. The molecule has 0 saturated heterocycles. The van der Waals surface area contributed by atoms with Crippen molar-refractivity contribution in [3.63, 3.8) is 0 Å². The molecule has 2 rings (SSSR count). The van der Waals surface area contributed by atoms with Crippen molar-refractivity contribution >= 4 is 23.0 Å². The van der Waals surface area contributed by atoms with Gasteiger partial charge >= 0.3 is 0 Å². The fourth-order valence-electron chi connectivity index (χ4n) is 1.47. The summed E-state index contributed by atoms with van der Waals surface area (Å²) in [6.07, 6.45) is 0. The number of thiocarbonyl (C=S) groups is 1. The van der Waals surface area contributed by atoms with E-state index >= 15 is 0 Å². The zero-order valence-electron chi connectivity index (χ0n) is 9.40. The fraction of sp³-hybridized carbons (Fsp3) is 0.273. The molecule has 0 amide bonds. The predicted octanol–water partition coefficient (Wildman–Crippen LogP) is 1.02. The molecule has 17 heavy (non-hydrogen) atoms. The summed E-state index contributed by atoms with van der Waals surface area (Å²) in [5, 5.41) is 4.19. The summed E-state index contributed by atoms with van der Waals surface area (Å²) in [4.78, 5) is 0. The van der Waals surface area contributed by atoms with Crippen LogP contribution in [0.1, 0.15) is 12.5 Å². The summed E-state index contributed by atoms with van der Waals surface area (Å²) < 4.78 is 10.9. The van der Waals surface area contributed by atoms with Crippen LogP contribution in [-0.4, -0.2) is 24.0 Å². The molecular formula is C11H13N3O2S. The van der Waals surface area contributed by atoms with Crippen LogP contribution in [0.25, 0.3) is 0 Å². The zero-order valence-corrected chi connectivity index (χ0v) is 10.2. The zero-order chi connectivity index (χ0) is 12.3. The van der Waals surface area contributed by atoms with E-state index in [0.29, 0.717) is 13.2 Å². The first kappa shape index (κ1) is 11.7.